The molecule has 0 saturated carbocycles. The average molecular weight is 206 g/mol. The molecule has 0 aliphatic carbocycles. The maximum absolute atomic E-state index is 9.43. The molecule has 80 valence electrons. The van der Waals surface area contributed by atoms with Crippen LogP contribution < -0.4 is 5.73 Å². The van der Waals surface area contributed by atoms with Gasteiger partial charge in [0.2, 0.25) is 0 Å². The third-order valence-electron chi connectivity index (χ3n) is 2.54. The van der Waals surface area contributed by atoms with Crippen LogP contribution in [0.4, 0.5) is 0 Å². The van der Waals surface area contributed by atoms with E-state index >= 15 is 0 Å². The van der Waals surface area contributed by atoms with Crippen molar-refractivity contribution in [3.8, 4) is 0 Å². The lowest BCUT2D eigenvalue weighted by Crippen LogP contribution is -2.26. The van der Waals surface area contributed by atoms with Gasteiger partial charge in [0.25, 0.3) is 0 Å². The zero-order valence-corrected chi connectivity index (χ0v) is 8.75. The Bertz CT molecular complexity index is 477. The van der Waals surface area contributed by atoms with Crippen molar-refractivity contribution in [2.45, 2.75) is 19.1 Å². The van der Waals surface area contributed by atoms with Gasteiger partial charge >= 0.3 is 0 Å². The minimum atomic E-state index is -0.617. The summed E-state index contributed by atoms with van der Waals surface area (Å²) in [4.78, 5) is 8.40. The Morgan fingerprint density at radius 3 is 2.87 bits per heavy atom. The molecular weight excluding hydrogens is 192 g/mol. The Balaban J connectivity index is 2.58. The summed E-state index contributed by atoms with van der Waals surface area (Å²) < 4.78 is 1.86. The van der Waals surface area contributed by atoms with Crippen molar-refractivity contribution < 1.29 is 5.11 Å². The second-order valence-electron chi connectivity index (χ2n) is 3.66. The number of aliphatic hydroxyl groups excluding tert-OH is 1. The van der Waals surface area contributed by atoms with Gasteiger partial charge in [-0.3, -0.25) is 4.98 Å². The number of nitrogens with two attached hydrogens (primary N) is 1. The molecule has 0 radical (unpaired) electrons. The molecule has 2 unspecified atom stereocenters. The van der Waals surface area contributed by atoms with Crippen molar-refractivity contribution >= 4 is 11.0 Å². The molecule has 2 atom stereocenters. The van der Waals surface area contributed by atoms with Crippen molar-refractivity contribution in [1.29, 1.82) is 0 Å². The molecule has 2 aromatic heterocycles. The van der Waals surface area contributed by atoms with E-state index in [9.17, 15) is 5.11 Å². The van der Waals surface area contributed by atoms with Crippen LogP contribution >= 0.6 is 0 Å². The number of aliphatic hydroxyl groups is 1. The number of fused-ring (bicyclic) bond motifs is 1. The molecule has 15 heavy (non-hydrogen) atoms. The first-order valence-corrected chi connectivity index (χ1v) is 4.81. The van der Waals surface area contributed by atoms with Gasteiger partial charge in [0, 0.05) is 13.2 Å². The van der Waals surface area contributed by atoms with E-state index in [1.165, 1.54) is 0 Å². The van der Waals surface area contributed by atoms with Crippen LogP contribution in [0.3, 0.4) is 0 Å². The second kappa shape index (κ2) is 3.60. The first-order chi connectivity index (χ1) is 7.11. The van der Waals surface area contributed by atoms with Gasteiger partial charge in [0.15, 0.2) is 0 Å². The number of imidazole rings is 1. The number of aromatic nitrogens is 3. The molecule has 0 aromatic carbocycles. The Morgan fingerprint density at radius 1 is 1.53 bits per heavy atom. The van der Waals surface area contributed by atoms with Gasteiger partial charge in [-0.05, 0) is 13.0 Å². The fourth-order valence-corrected chi connectivity index (χ4v) is 1.57. The second-order valence-corrected chi connectivity index (χ2v) is 3.66. The predicted octanol–water partition coefficient (Wildman–Crippen LogP) is 0.349. The Kier molecular flexibility index (Phi) is 2.42. The summed E-state index contributed by atoms with van der Waals surface area (Å²) in [6.07, 6.45) is 2.81. The molecule has 0 spiro atoms. The highest BCUT2D eigenvalue weighted by Gasteiger charge is 2.18. The summed E-state index contributed by atoms with van der Waals surface area (Å²) in [6.45, 7) is 1.66. The van der Waals surface area contributed by atoms with Crippen molar-refractivity contribution in [3.63, 3.8) is 0 Å². The number of rotatable bonds is 2. The van der Waals surface area contributed by atoms with Crippen LogP contribution in [0.2, 0.25) is 0 Å². The van der Waals surface area contributed by atoms with Gasteiger partial charge in [-0.25, -0.2) is 4.98 Å². The van der Waals surface area contributed by atoms with E-state index in [2.05, 4.69) is 9.97 Å². The fourth-order valence-electron chi connectivity index (χ4n) is 1.57. The highest BCUT2D eigenvalue weighted by Crippen LogP contribution is 2.18. The summed E-state index contributed by atoms with van der Waals surface area (Å²) in [5.74, 6) is 0.674. The maximum Gasteiger partial charge on any atom is 0.129 e. The molecule has 2 heterocycles. The standard InChI is InChI=1S/C10H14N4O/c1-6(15)9(11)10-13-7-3-4-12-5-8(7)14(10)2/h3-6,9,15H,11H2,1-2H3. The van der Waals surface area contributed by atoms with Crippen LogP contribution in [0, 0.1) is 0 Å². The van der Waals surface area contributed by atoms with Crippen molar-refractivity contribution in [2.75, 3.05) is 0 Å². The van der Waals surface area contributed by atoms with Gasteiger partial charge in [-0.1, -0.05) is 0 Å². The highest BCUT2D eigenvalue weighted by atomic mass is 16.3. The van der Waals surface area contributed by atoms with Gasteiger partial charge in [-0.2, -0.15) is 0 Å². The molecule has 5 heteroatoms. The quantitative estimate of drug-likeness (QED) is 0.743. The van der Waals surface area contributed by atoms with E-state index in [4.69, 9.17) is 5.73 Å². The molecule has 0 amide bonds. The van der Waals surface area contributed by atoms with E-state index in [-0.39, 0.29) is 0 Å². The van der Waals surface area contributed by atoms with Crippen molar-refractivity contribution in [3.05, 3.63) is 24.3 Å². The Labute approximate surface area is 87.6 Å². The summed E-state index contributed by atoms with van der Waals surface area (Å²) in [5, 5.41) is 9.43. The summed E-state index contributed by atoms with van der Waals surface area (Å²) >= 11 is 0. The fraction of sp³-hybridized carbons (Fsp3) is 0.400. The van der Waals surface area contributed by atoms with E-state index in [0.717, 1.165) is 11.0 Å². The predicted molar refractivity (Wildman–Crippen MR) is 57.1 cm³/mol. The molecule has 0 fully saturated rings. The molecule has 0 saturated heterocycles. The van der Waals surface area contributed by atoms with E-state index in [0.29, 0.717) is 5.82 Å². The molecule has 3 N–H and O–H groups in total. The maximum atomic E-state index is 9.43. The van der Waals surface area contributed by atoms with Gasteiger partial charge in [0.1, 0.15) is 5.82 Å². The Morgan fingerprint density at radius 2 is 2.27 bits per heavy atom. The monoisotopic (exact) mass is 206 g/mol. The number of hydrogen-bond acceptors (Lipinski definition) is 4. The smallest absolute Gasteiger partial charge is 0.129 e. The molecular formula is C10H14N4O. The number of hydrogen-bond donors (Lipinski definition) is 2. The highest BCUT2D eigenvalue weighted by molar-refractivity contribution is 5.74. The lowest BCUT2D eigenvalue weighted by molar-refractivity contribution is 0.159. The summed E-state index contributed by atoms with van der Waals surface area (Å²) in [5.41, 5.74) is 7.61. The SMILES string of the molecule is CC(O)C(N)c1nc2ccncc2n1C. The molecule has 2 aromatic rings. The summed E-state index contributed by atoms with van der Waals surface area (Å²) in [7, 11) is 1.87. The van der Waals surface area contributed by atoms with Gasteiger partial charge in [0.05, 0.1) is 29.4 Å². The minimum absolute atomic E-state index is 0.470. The van der Waals surface area contributed by atoms with Crippen molar-refractivity contribution in [2.24, 2.45) is 12.8 Å². The van der Waals surface area contributed by atoms with Crippen LogP contribution in [0.25, 0.3) is 11.0 Å². The number of nitrogens with zero attached hydrogens (tertiary/aromatic N) is 3. The number of pyridine rings is 1. The topological polar surface area (TPSA) is 77.0 Å². The first-order valence-electron chi connectivity index (χ1n) is 4.81. The van der Waals surface area contributed by atoms with E-state index in [1.54, 1.807) is 19.3 Å². The van der Waals surface area contributed by atoms with Crippen LogP contribution in [-0.4, -0.2) is 25.7 Å². The lowest BCUT2D eigenvalue weighted by atomic mass is 10.2. The third-order valence-corrected chi connectivity index (χ3v) is 2.54. The zero-order chi connectivity index (χ0) is 11.0. The van der Waals surface area contributed by atoms with Crippen LogP contribution in [-0.2, 0) is 7.05 Å². The zero-order valence-electron chi connectivity index (χ0n) is 8.75. The largest absolute Gasteiger partial charge is 0.391 e. The summed E-state index contributed by atoms with van der Waals surface area (Å²) in [6, 6.07) is 1.36. The van der Waals surface area contributed by atoms with Gasteiger partial charge in [-0.15, -0.1) is 0 Å². The molecule has 0 aliphatic heterocycles. The molecule has 5 nitrogen and oxygen atoms in total. The van der Waals surface area contributed by atoms with Crippen LogP contribution in [0.1, 0.15) is 18.8 Å². The average Bonchev–Trinajstić information content (AvgIpc) is 2.56. The van der Waals surface area contributed by atoms with Crippen molar-refractivity contribution in [1.82, 2.24) is 14.5 Å². The van der Waals surface area contributed by atoms with E-state index in [1.807, 2.05) is 17.7 Å². The van der Waals surface area contributed by atoms with Crippen LogP contribution in [0.15, 0.2) is 18.5 Å². The van der Waals surface area contributed by atoms with Crippen LogP contribution in [0.5, 0.6) is 0 Å². The first kappa shape index (κ1) is 10.1. The number of aryl methyl sites for hydroxylation is 1. The molecule has 0 bridgehead atoms. The third kappa shape index (κ3) is 1.60. The molecule has 0 aliphatic rings. The Hall–Kier alpha value is -1.46. The van der Waals surface area contributed by atoms with E-state index < -0.39 is 12.1 Å². The normalized spacial score (nSPS) is 15.5. The molecule has 2 rings (SSSR count). The lowest BCUT2D eigenvalue weighted by Gasteiger charge is -2.13. The van der Waals surface area contributed by atoms with Gasteiger partial charge < -0.3 is 15.4 Å². The minimum Gasteiger partial charge on any atom is -0.391 e.